The zero-order valence-electron chi connectivity index (χ0n) is 13.0. The molecule has 1 aliphatic heterocycles. The maximum absolute atomic E-state index is 12.4. The first kappa shape index (κ1) is 16.0. The van der Waals surface area contributed by atoms with E-state index in [9.17, 15) is 4.79 Å². The van der Waals surface area contributed by atoms with Gasteiger partial charge in [-0.1, -0.05) is 26.0 Å². The first-order chi connectivity index (χ1) is 10.1. The van der Waals surface area contributed by atoms with Crippen LogP contribution in [0.1, 0.15) is 42.6 Å². The Morgan fingerprint density at radius 2 is 1.90 bits per heavy atom. The Kier molecular flexibility index (Phi) is 5.76. The lowest BCUT2D eigenvalue weighted by atomic mass is 10.1. The number of nitrogens with two attached hydrogens (primary N) is 1. The van der Waals surface area contributed by atoms with E-state index in [0.717, 1.165) is 43.7 Å². The summed E-state index contributed by atoms with van der Waals surface area (Å²) in [4.78, 5) is 14.3. The molecule has 2 rings (SSSR count). The number of piperidine rings is 1. The molecule has 1 amide bonds. The maximum atomic E-state index is 12.4. The van der Waals surface area contributed by atoms with Crippen LogP contribution in [0.4, 0.5) is 0 Å². The number of ether oxygens (including phenoxy) is 1. The van der Waals surface area contributed by atoms with Gasteiger partial charge in [-0.2, -0.15) is 0 Å². The molecule has 0 bridgehead atoms. The van der Waals surface area contributed by atoms with E-state index in [1.807, 2.05) is 29.2 Å². The van der Waals surface area contributed by atoms with Crippen LogP contribution in [0.3, 0.4) is 0 Å². The van der Waals surface area contributed by atoms with Crippen molar-refractivity contribution in [2.24, 2.45) is 11.7 Å². The summed E-state index contributed by atoms with van der Waals surface area (Å²) in [6, 6.07) is 7.58. The highest BCUT2D eigenvalue weighted by molar-refractivity contribution is 5.94. The second-order valence-electron chi connectivity index (χ2n) is 6.12. The van der Waals surface area contributed by atoms with E-state index >= 15 is 0 Å². The van der Waals surface area contributed by atoms with Gasteiger partial charge in [0.2, 0.25) is 0 Å². The third-order valence-electron chi connectivity index (χ3n) is 3.83. The molecule has 0 radical (unpaired) electrons. The monoisotopic (exact) mass is 290 g/mol. The molecule has 4 heteroatoms. The molecule has 0 saturated carbocycles. The minimum Gasteiger partial charge on any atom is -0.378 e. The molecule has 21 heavy (non-hydrogen) atoms. The fraction of sp³-hybridized carbons (Fsp3) is 0.588. The lowest BCUT2D eigenvalue weighted by molar-refractivity contribution is -0.00231. The zero-order chi connectivity index (χ0) is 15.2. The van der Waals surface area contributed by atoms with E-state index in [1.165, 1.54) is 0 Å². The van der Waals surface area contributed by atoms with Gasteiger partial charge in [-0.3, -0.25) is 4.79 Å². The lowest BCUT2D eigenvalue weighted by Gasteiger charge is -2.32. The third-order valence-corrected chi connectivity index (χ3v) is 3.83. The summed E-state index contributed by atoms with van der Waals surface area (Å²) in [6.07, 6.45) is 2.16. The van der Waals surface area contributed by atoms with Gasteiger partial charge in [0.25, 0.3) is 5.91 Å². The summed E-state index contributed by atoms with van der Waals surface area (Å²) in [5, 5.41) is 0. The number of rotatable bonds is 5. The van der Waals surface area contributed by atoms with Crippen LogP contribution in [0.15, 0.2) is 24.3 Å². The predicted molar refractivity (Wildman–Crippen MR) is 84.0 cm³/mol. The first-order valence-corrected chi connectivity index (χ1v) is 7.80. The quantitative estimate of drug-likeness (QED) is 0.906. The number of carbonyl (C=O) groups excluding carboxylic acids is 1. The van der Waals surface area contributed by atoms with E-state index in [4.69, 9.17) is 10.5 Å². The topological polar surface area (TPSA) is 55.6 Å². The van der Waals surface area contributed by atoms with E-state index in [1.54, 1.807) is 0 Å². The Morgan fingerprint density at radius 1 is 1.29 bits per heavy atom. The highest BCUT2D eigenvalue weighted by atomic mass is 16.5. The predicted octanol–water partition coefficient (Wildman–Crippen LogP) is 2.42. The van der Waals surface area contributed by atoms with Gasteiger partial charge < -0.3 is 15.4 Å². The van der Waals surface area contributed by atoms with E-state index in [-0.39, 0.29) is 5.91 Å². The fourth-order valence-corrected chi connectivity index (χ4v) is 2.52. The molecule has 116 valence electrons. The van der Waals surface area contributed by atoms with Gasteiger partial charge in [0.05, 0.1) is 6.10 Å². The van der Waals surface area contributed by atoms with Crippen molar-refractivity contribution in [3.8, 4) is 0 Å². The second-order valence-corrected chi connectivity index (χ2v) is 6.12. The summed E-state index contributed by atoms with van der Waals surface area (Å²) in [5.41, 5.74) is 7.37. The van der Waals surface area contributed by atoms with Gasteiger partial charge >= 0.3 is 0 Å². The van der Waals surface area contributed by atoms with Crippen molar-refractivity contribution in [1.29, 1.82) is 0 Å². The van der Waals surface area contributed by atoms with E-state index in [2.05, 4.69) is 13.8 Å². The van der Waals surface area contributed by atoms with Gasteiger partial charge in [-0.25, -0.2) is 0 Å². The van der Waals surface area contributed by atoms with Crippen LogP contribution in [-0.2, 0) is 11.3 Å². The maximum Gasteiger partial charge on any atom is 0.253 e. The molecule has 1 aromatic carbocycles. The van der Waals surface area contributed by atoms with Gasteiger partial charge in [-0.05, 0) is 36.5 Å². The normalized spacial score (nSPS) is 16.5. The molecule has 4 nitrogen and oxygen atoms in total. The Morgan fingerprint density at radius 3 is 2.43 bits per heavy atom. The molecule has 1 fully saturated rings. The molecular formula is C17H26N2O2. The summed E-state index contributed by atoms with van der Waals surface area (Å²) in [5.74, 6) is 0.673. The SMILES string of the molecule is CC(C)COC1CCN(C(=O)c2ccc(CN)cc2)CC1. The van der Waals surface area contributed by atoms with Gasteiger partial charge in [0, 0.05) is 31.8 Å². The smallest absolute Gasteiger partial charge is 0.253 e. The van der Waals surface area contributed by atoms with Crippen LogP contribution in [0.2, 0.25) is 0 Å². The molecule has 1 aromatic rings. The van der Waals surface area contributed by atoms with Crippen LogP contribution in [0.5, 0.6) is 0 Å². The number of hydrogen-bond acceptors (Lipinski definition) is 3. The number of nitrogens with zero attached hydrogens (tertiary/aromatic N) is 1. The number of hydrogen-bond donors (Lipinski definition) is 1. The molecule has 0 aromatic heterocycles. The Labute approximate surface area is 127 Å². The van der Waals surface area contributed by atoms with Crippen LogP contribution >= 0.6 is 0 Å². The molecule has 1 saturated heterocycles. The van der Waals surface area contributed by atoms with Crippen LogP contribution in [0.25, 0.3) is 0 Å². The Hall–Kier alpha value is -1.39. The number of benzene rings is 1. The van der Waals surface area contributed by atoms with E-state index < -0.39 is 0 Å². The van der Waals surface area contributed by atoms with Crippen LogP contribution < -0.4 is 5.73 Å². The van der Waals surface area contributed by atoms with Crippen molar-refractivity contribution in [2.45, 2.75) is 39.3 Å². The van der Waals surface area contributed by atoms with Crippen molar-refractivity contribution in [3.05, 3.63) is 35.4 Å². The molecule has 2 N–H and O–H groups in total. The zero-order valence-corrected chi connectivity index (χ0v) is 13.0. The van der Waals surface area contributed by atoms with Crippen molar-refractivity contribution in [1.82, 2.24) is 4.90 Å². The van der Waals surface area contributed by atoms with Crippen molar-refractivity contribution < 1.29 is 9.53 Å². The van der Waals surface area contributed by atoms with Crippen LogP contribution in [-0.4, -0.2) is 36.6 Å². The lowest BCUT2D eigenvalue weighted by Crippen LogP contribution is -2.41. The number of likely N-dealkylation sites (tertiary alicyclic amines) is 1. The van der Waals surface area contributed by atoms with Crippen molar-refractivity contribution >= 4 is 5.91 Å². The minimum atomic E-state index is 0.112. The van der Waals surface area contributed by atoms with E-state index in [0.29, 0.717) is 18.6 Å². The van der Waals surface area contributed by atoms with Gasteiger partial charge in [0.15, 0.2) is 0 Å². The molecule has 1 aliphatic rings. The highest BCUT2D eigenvalue weighted by Gasteiger charge is 2.24. The average Bonchev–Trinajstić information content (AvgIpc) is 2.53. The van der Waals surface area contributed by atoms with Gasteiger partial charge in [0.1, 0.15) is 0 Å². The molecule has 0 unspecified atom stereocenters. The molecule has 1 heterocycles. The third kappa shape index (κ3) is 4.55. The Balaban J connectivity index is 1.84. The Bertz CT molecular complexity index is 448. The first-order valence-electron chi connectivity index (χ1n) is 7.80. The minimum absolute atomic E-state index is 0.112. The fourth-order valence-electron chi connectivity index (χ4n) is 2.52. The largest absolute Gasteiger partial charge is 0.378 e. The summed E-state index contributed by atoms with van der Waals surface area (Å²) >= 11 is 0. The van der Waals surface area contributed by atoms with Crippen molar-refractivity contribution in [3.63, 3.8) is 0 Å². The van der Waals surface area contributed by atoms with Gasteiger partial charge in [-0.15, -0.1) is 0 Å². The summed E-state index contributed by atoms with van der Waals surface area (Å²) in [7, 11) is 0. The summed E-state index contributed by atoms with van der Waals surface area (Å²) < 4.78 is 5.86. The second kappa shape index (κ2) is 7.57. The van der Waals surface area contributed by atoms with Crippen LogP contribution in [0, 0.1) is 5.92 Å². The standard InChI is InChI=1S/C17H26N2O2/c1-13(2)12-21-16-7-9-19(10-8-16)17(20)15-5-3-14(11-18)4-6-15/h3-6,13,16H,7-12,18H2,1-2H3. The molecule has 0 atom stereocenters. The highest BCUT2D eigenvalue weighted by Crippen LogP contribution is 2.17. The number of amides is 1. The summed E-state index contributed by atoms with van der Waals surface area (Å²) in [6.45, 7) is 7.18. The van der Waals surface area contributed by atoms with Crippen molar-refractivity contribution in [2.75, 3.05) is 19.7 Å². The molecule has 0 spiro atoms. The average molecular weight is 290 g/mol. The number of carbonyl (C=O) groups is 1. The molecule has 0 aliphatic carbocycles. The molecular weight excluding hydrogens is 264 g/mol.